The van der Waals surface area contributed by atoms with Crippen molar-refractivity contribution in [1.29, 1.82) is 0 Å². The van der Waals surface area contributed by atoms with Crippen LogP contribution in [-0.2, 0) is 0 Å². The molecule has 0 amide bonds. The van der Waals surface area contributed by atoms with Gasteiger partial charge in [0.15, 0.2) is 0 Å². The summed E-state index contributed by atoms with van der Waals surface area (Å²) in [7, 11) is 0. The molecule has 0 aliphatic carbocycles. The number of anilines is 1. The van der Waals surface area contributed by atoms with Crippen LogP contribution in [0.2, 0.25) is 0 Å². The van der Waals surface area contributed by atoms with E-state index >= 15 is 0 Å². The molecule has 6 nitrogen and oxygen atoms in total. The van der Waals surface area contributed by atoms with Crippen molar-refractivity contribution in [1.82, 2.24) is 4.98 Å². The number of hydrogen-bond acceptors (Lipinski definition) is 5. The summed E-state index contributed by atoms with van der Waals surface area (Å²) >= 11 is 0. The van der Waals surface area contributed by atoms with Crippen molar-refractivity contribution in [2.45, 2.75) is 6.04 Å². The second-order valence-corrected chi connectivity index (χ2v) is 4.56. The first-order valence-corrected chi connectivity index (χ1v) is 6.26. The van der Waals surface area contributed by atoms with E-state index in [2.05, 4.69) is 15.3 Å². The maximum atomic E-state index is 13.9. The van der Waals surface area contributed by atoms with Crippen molar-refractivity contribution in [3.63, 3.8) is 0 Å². The van der Waals surface area contributed by atoms with E-state index in [1.165, 1.54) is 17.1 Å². The minimum atomic E-state index is -1.11. The summed E-state index contributed by atoms with van der Waals surface area (Å²) in [6.07, 6.45) is 3.33. The number of carboxylic acids is 1. The molecule has 2 heterocycles. The van der Waals surface area contributed by atoms with Gasteiger partial charge in [-0.3, -0.25) is 4.98 Å². The fourth-order valence-corrected chi connectivity index (χ4v) is 2.10. The third kappa shape index (κ3) is 2.58. The van der Waals surface area contributed by atoms with Crippen LogP contribution in [0.5, 0.6) is 0 Å². The van der Waals surface area contributed by atoms with Crippen LogP contribution in [0.25, 0.3) is 0 Å². The molecule has 0 radical (unpaired) electrons. The summed E-state index contributed by atoms with van der Waals surface area (Å²) in [6, 6.07) is 7.00. The van der Waals surface area contributed by atoms with Crippen molar-refractivity contribution < 1.29 is 14.3 Å². The van der Waals surface area contributed by atoms with Crippen molar-refractivity contribution in [2.24, 2.45) is 10.3 Å². The number of aromatic nitrogens is 1. The predicted molar refractivity (Wildman–Crippen MR) is 72.5 cm³/mol. The van der Waals surface area contributed by atoms with Gasteiger partial charge in [0, 0.05) is 12.4 Å². The molecule has 0 fully saturated rings. The van der Waals surface area contributed by atoms with Gasteiger partial charge in [-0.2, -0.15) is 5.11 Å². The average Bonchev–Trinajstić information content (AvgIpc) is 2.98. The molecule has 1 N–H and O–H groups in total. The molecule has 106 valence electrons. The van der Waals surface area contributed by atoms with Gasteiger partial charge in [0.2, 0.25) is 0 Å². The molecular formula is C14H11FN4O2. The maximum absolute atomic E-state index is 13.9. The summed E-state index contributed by atoms with van der Waals surface area (Å²) in [5.74, 6) is -1.65. The Balaban J connectivity index is 1.86. The van der Waals surface area contributed by atoms with E-state index < -0.39 is 11.8 Å². The summed E-state index contributed by atoms with van der Waals surface area (Å²) < 4.78 is 13.9. The zero-order chi connectivity index (χ0) is 14.8. The fourth-order valence-electron chi connectivity index (χ4n) is 2.10. The second kappa shape index (κ2) is 5.28. The van der Waals surface area contributed by atoms with Gasteiger partial charge in [-0.25, -0.2) is 14.2 Å². The van der Waals surface area contributed by atoms with E-state index in [0.717, 1.165) is 11.6 Å². The second-order valence-electron chi connectivity index (χ2n) is 4.56. The lowest BCUT2D eigenvalue weighted by atomic mass is 10.1. The number of carbonyl (C=O) groups is 1. The molecule has 21 heavy (non-hydrogen) atoms. The monoisotopic (exact) mass is 286 g/mol. The molecule has 7 heteroatoms. The van der Waals surface area contributed by atoms with Gasteiger partial charge >= 0.3 is 5.97 Å². The van der Waals surface area contributed by atoms with Crippen molar-refractivity contribution >= 4 is 11.7 Å². The minimum Gasteiger partial charge on any atom is -0.478 e. The first-order valence-electron chi connectivity index (χ1n) is 6.26. The van der Waals surface area contributed by atoms with Gasteiger partial charge in [-0.1, -0.05) is 11.3 Å². The molecule has 3 rings (SSSR count). The highest BCUT2D eigenvalue weighted by Gasteiger charge is 2.25. The van der Waals surface area contributed by atoms with E-state index in [1.54, 1.807) is 18.5 Å². The third-order valence-electron chi connectivity index (χ3n) is 3.19. The highest BCUT2D eigenvalue weighted by atomic mass is 19.1. The average molecular weight is 286 g/mol. The molecule has 0 saturated heterocycles. The van der Waals surface area contributed by atoms with Crippen LogP contribution in [0.15, 0.2) is 53.1 Å². The Labute approximate surface area is 119 Å². The zero-order valence-electron chi connectivity index (χ0n) is 10.8. The lowest BCUT2D eigenvalue weighted by molar-refractivity contribution is 0.0697. The topological polar surface area (TPSA) is 78.1 Å². The Kier molecular flexibility index (Phi) is 3.31. The molecule has 0 spiro atoms. The van der Waals surface area contributed by atoms with Crippen LogP contribution in [-0.4, -0.2) is 22.6 Å². The third-order valence-corrected chi connectivity index (χ3v) is 3.19. The van der Waals surface area contributed by atoms with E-state index in [-0.39, 0.29) is 17.3 Å². The van der Waals surface area contributed by atoms with E-state index in [1.807, 2.05) is 6.07 Å². The summed E-state index contributed by atoms with van der Waals surface area (Å²) in [5, 5.41) is 18.3. The number of hydrogen-bond donors (Lipinski definition) is 1. The first-order chi connectivity index (χ1) is 10.1. The first kappa shape index (κ1) is 13.2. The number of halogens is 1. The van der Waals surface area contributed by atoms with Gasteiger partial charge < -0.3 is 5.11 Å². The standard InChI is InChI=1S/C14H11FN4O2/c15-11-4-3-9(14(20)21)6-13(11)19-8-12(17-18-19)10-2-1-5-16-7-10/h1-7,12H,8H2,(H,20,21). The van der Waals surface area contributed by atoms with Gasteiger partial charge in [0.25, 0.3) is 0 Å². The highest BCUT2D eigenvalue weighted by molar-refractivity contribution is 5.88. The highest BCUT2D eigenvalue weighted by Crippen LogP contribution is 2.30. The zero-order valence-corrected chi connectivity index (χ0v) is 10.8. The smallest absolute Gasteiger partial charge is 0.335 e. The predicted octanol–water partition coefficient (Wildman–Crippen LogP) is 2.85. The molecule has 1 aliphatic heterocycles. The van der Waals surface area contributed by atoms with Crippen LogP contribution in [0.1, 0.15) is 22.0 Å². The summed E-state index contributed by atoms with van der Waals surface area (Å²) in [6.45, 7) is 0.339. The molecule has 1 aromatic carbocycles. The van der Waals surface area contributed by atoms with Crippen LogP contribution in [0.3, 0.4) is 0 Å². The molecule has 1 unspecified atom stereocenters. The molecule has 1 aromatic heterocycles. The quantitative estimate of drug-likeness (QED) is 0.941. The Morgan fingerprint density at radius 2 is 2.24 bits per heavy atom. The van der Waals surface area contributed by atoms with Gasteiger partial charge in [0.1, 0.15) is 11.9 Å². The number of pyridine rings is 1. The molecule has 2 aromatic rings. The van der Waals surface area contributed by atoms with Gasteiger partial charge in [0.05, 0.1) is 17.8 Å². The molecule has 1 aliphatic rings. The Morgan fingerprint density at radius 3 is 2.95 bits per heavy atom. The molecule has 0 saturated carbocycles. The van der Waals surface area contributed by atoms with E-state index in [9.17, 15) is 9.18 Å². The Bertz CT molecular complexity index is 705. The number of rotatable bonds is 3. The minimum absolute atomic E-state index is 0.00595. The van der Waals surface area contributed by atoms with Gasteiger partial charge in [-0.15, -0.1) is 0 Å². The fraction of sp³-hybridized carbons (Fsp3) is 0.143. The maximum Gasteiger partial charge on any atom is 0.335 e. The van der Waals surface area contributed by atoms with E-state index in [4.69, 9.17) is 5.11 Å². The lowest BCUT2D eigenvalue weighted by Gasteiger charge is -2.15. The van der Waals surface area contributed by atoms with Gasteiger partial charge in [-0.05, 0) is 29.8 Å². The van der Waals surface area contributed by atoms with Crippen LogP contribution >= 0.6 is 0 Å². The van der Waals surface area contributed by atoms with Crippen molar-refractivity contribution in [2.75, 3.05) is 11.6 Å². The van der Waals surface area contributed by atoms with Crippen LogP contribution < -0.4 is 5.01 Å². The SMILES string of the molecule is O=C(O)c1ccc(F)c(N2CC(c3cccnc3)N=N2)c1. The molecule has 0 bridgehead atoms. The number of carboxylic acid groups (broad SMARTS) is 1. The van der Waals surface area contributed by atoms with Crippen LogP contribution in [0.4, 0.5) is 10.1 Å². The van der Waals surface area contributed by atoms with E-state index in [0.29, 0.717) is 6.54 Å². The largest absolute Gasteiger partial charge is 0.478 e. The molecular weight excluding hydrogens is 275 g/mol. The van der Waals surface area contributed by atoms with Crippen LogP contribution in [0, 0.1) is 5.82 Å². The number of nitrogens with zero attached hydrogens (tertiary/aromatic N) is 4. The Hall–Kier alpha value is -2.83. The normalized spacial score (nSPS) is 17.2. The number of benzene rings is 1. The van der Waals surface area contributed by atoms with Crippen molar-refractivity contribution in [3.8, 4) is 0 Å². The molecule has 1 atom stereocenters. The summed E-state index contributed by atoms with van der Waals surface area (Å²) in [4.78, 5) is 15.0. The Morgan fingerprint density at radius 1 is 1.38 bits per heavy atom. The summed E-state index contributed by atoms with van der Waals surface area (Å²) in [5.41, 5.74) is 0.981. The number of aromatic carboxylic acids is 1. The lowest BCUT2D eigenvalue weighted by Crippen LogP contribution is -2.18. The van der Waals surface area contributed by atoms with Crippen molar-refractivity contribution in [3.05, 3.63) is 59.7 Å².